The lowest BCUT2D eigenvalue weighted by Crippen LogP contribution is -2.28. The van der Waals surface area contributed by atoms with Gasteiger partial charge in [-0.3, -0.25) is 4.79 Å². The summed E-state index contributed by atoms with van der Waals surface area (Å²) in [6.45, 7) is 1.46. The molecule has 0 bridgehead atoms. The van der Waals surface area contributed by atoms with Gasteiger partial charge in [0.1, 0.15) is 29.8 Å². The van der Waals surface area contributed by atoms with Gasteiger partial charge in [-0.05, 0) is 74.5 Å². The summed E-state index contributed by atoms with van der Waals surface area (Å²) in [5.74, 6) is -0.0507. The van der Waals surface area contributed by atoms with Crippen LogP contribution in [0.1, 0.15) is 24.0 Å². The SMILES string of the molecule is N#C/C(=C\c1cc(Br)c(OCc2ccccc2F)c(Br)c1)C(=O)N1CCCC1. The molecule has 0 unspecified atom stereocenters. The van der Waals surface area contributed by atoms with Crippen molar-refractivity contribution in [2.24, 2.45) is 0 Å². The van der Waals surface area contributed by atoms with Crippen molar-refractivity contribution in [3.8, 4) is 11.8 Å². The first-order valence-electron chi connectivity index (χ1n) is 8.76. The van der Waals surface area contributed by atoms with Crippen LogP contribution in [-0.2, 0) is 11.4 Å². The van der Waals surface area contributed by atoms with Crippen LogP contribution in [-0.4, -0.2) is 23.9 Å². The molecule has 28 heavy (non-hydrogen) atoms. The molecular formula is C21H17Br2FN2O2. The van der Waals surface area contributed by atoms with Gasteiger partial charge >= 0.3 is 0 Å². The fourth-order valence-electron chi connectivity index (χ4n) is 2.97. The highest BCUT2D eigenvalue weighted by molar-refractivity contribution is 9.11. The predicted octanol–water partition coefficient (Wildman–Crippen LogP) is 5.46. The van der Waals surface area contributed by atoms with Gasteiger partial charge in [0.25, 0.3) is 5.91 Å². The van der Waals surface area contributed by atoms with Crippen molar-refractivity contribution in [1.82, 2.24) is 4.90 Å². The van der Waals surface area contributed by atoms with E-state index in [0.29, 0.717) is 38.9 Å². The van der Waals surface area contributed by atoms with E-state index in [4.69, 9.17) is 4.74 Å². The van der Waals surface area contributed by atoms with Crippen LogP contribution in [0.3, 0.4) is 0 Å². The molecule has 0 radical (unpaired) electrons. The highest BCUT2D eigenvalue weighted by Gasteiger charge is 2.21. The molecule has 1 aliphatic rings. The van der Waals surface area contributed by atoms with Crippen LogP contribution >= 0.6 is 31.9 Å². The molecule has 0 aliphatic carbocycles. The number of hydrogen-bond donors (Lipinski definition) is 0. The first kappa shape index (κ1) is 20.6. The van der Waals surface area contributed by atoms with Crippen LogP contribution in [0.5, 0.6) is 5.75 Å². The van der Waals surface area contributed by atoms with Crippen LogP contribution in [0.4, 0.5) is 4.39 Å². The Morgan fingerprint density at radius 3 is 2.46 bits per heavy atom. The van der Waals surface area contributed by atoms with E-state index < -0.39 is 0 Å². The average Bonchev–Trinajstić information content (AvgIpc) is 3.21. The van der Waals surface area contributed by atoms with Crippen LogP contribution < -0.4 is 4.74 Å². The molecule has 0 N–H and O–H groups in total. The van der Waals surface area contributed by atoms with E-state index in [1.807, 2.05) is 6.07 Å². The number of ether oxygens (including phenoxy) is 1. The highest BCUT2D eigenvalue weighted by atomic mass is 79.9. The van der Waals surface area contributed by atoms with Crippen molar-refractivity contribution in [3.63, 3.8) is 0 Å². The molecule has 3 rings (SSSR count). The summed E-state index contributed by atoms with van der Waals surface area (Å²) >= 11 is 6.90. The number of likely N-dealkylation sites (tertiary alicyclic amines) is 1. The van der Waals surface area contributed by atoms with Crippen molar-refractivity contribution >= 4 is 43.8 Å². The number of halogens is 3. The molecule has 0 spiro atoms. The monoisotopic (exact) mass is 506 g/mol. The van der Waals surface area contributed by atoms with Gasteiger partial charge in [-0.15, -0.1) is 0 Å². The fraction of sp³-hybridized carbons (Fsp3) is 0.238. The number of hydrogen-bond acceptors (Lipinski definition) is 3. The lowest BCUT2D eigenvalue weighted by atomic mass is 10.1. The van der Waals surface area contributed by atoms with Crippen LogP contribution in [0, 0.1) is 17.1 Å². The summed E-state index contributed by atoms with van der Waals surface area (Å²) in [5.41, 5.74) is 1.23. The second kappa shape index (κ2) is 9.35. The Labute approximate surface area is 179 Å². The Kier molecular flexibility index (Phi) is 6.87. The molecule has 1 heterocycles. The number of carbonyl (C=O) groups is 1. The summed E-state index contributed by atoms with van der Waals surface area (Å²) in [6, 6.07) is 11.9. The number of nitriles is 1. The van der Waals surface area contributed by atoms with Crippen molar-refractivity contribution < 1.29 is 13.9 Å². The predicted molar refractivity (Wildman–Crippen MR) is 112 cm³/mol. The standard InChI is InChI=1S/C21H17Br2FN2O2/c22-17-10-14(9-16(12-25)21(27)26-7-3-4-8-26)11-18(23)20(17)28-13-15-5-1-2-6-19(15)24/h1-2,5-6,9-11H,3-4,7-8,13H2/b16-9+. The first-order valence-corrected chi connectivity index (χ1v) is 10.3. The third kappa shape index (κ3) is 4.81. The molecule has 7 heteroatoms. The van der Waals surface area contributed by atoms with Gasteiger partial charge in [0.2, 0.25) is 0 Å². The molecule has 0 saturated carbocycles. The van der Waals surface area contributed by atoms with Crippen LogP contribution in [0.2, 0.25) is 0 Å². The lowest BCUT2D eigenvalue weighted by Gasteiger charge is -2.14. The third-order valence-corrected chi connectivity index (χ3v) is 5.58. The van der Waals surface area contributed by atoms with Crippen LogP contribution in [0.15, 0.2) is 50.9 Å². The minimum Gasteiger partial charge on any atom is -0.486 e. The quantitative estimate of drug-likeness (QED) is 0.399. The van der Waals surface area contributed by atoms with E-state index in [2.05, 4.69) is 31.9 Å². The highest BCUT2D eigenvalue weighted by Crippen LogP contribution is 2.36. The van der Waals surface area contributed by atoms with E-state index >= 15 is 0 Å². The molecular weight excluding hydrogens is 491 g/mol. The summed E-state index contributed by atoms with van der Waals surface area (Å²) < 4.78 is 20.8. The average molecular weight is 508 g/mol. The molecule has 4 nitrogen and oxygen atoms in total. The first-order chi connectivity index (χ1) is 13.5. The Bertz CT molecular complexity index is 940. The number of rotatable bonds is 5. The molecule has 144 valence electrons. The van der Waals surface area contributed by atoms with Crippen molar-refractivity contribution in [3.05, 3.63) is 67.9 Å². The third-order valence-electron chi connectivity index (χ3n) is 4.41. The fourth-order valence-corrected chi connectivity index (χ4v) is 4.42. The Morgan fingerprint density at radius 1 is 1.21 bits per heavy atom. The largest absolute Gasteiger partial charge is 0.486 e. The van der Waals surface area contributed by atoms with Gasteiger partial charge in [0.05, 0.1) is 8.95 Å². The molecule has 0 aromatic heterocycles. The van der Waals surface area contributed by atoms with Gasteiger partial charge < -0.3 is 9.64 Å². The Balaban J connectivity index is 1.80. The van der Waals surface area contributed by atoms with Gasteiger partial charge in [-0.2, -0.15) is 5.26 Å². The molecule has 2 aromatic rings. The zero-order valence-electron chi connectivity index (χ0n) is 14.9. The van der Waals surface area contributed by atoms with Crippen molar-refractivity contribution in [2.45, 2.75) is 19.4 Å². The molecule has 1 amide bonds. The van der Waals surface area contributed by atoms with E-state index in [0.717, 1.165) is 12.8 Å². The molecule has 2 aromatic carbocycles. The maximum Gasteiger partial charge on any atom is 0.264 e. The summed E-state index contributed by atoms with van der Waals surface area (Å²) in [4.78, 5) is 14.2. The minimum atomic E-state index is -0.326. The topological polar surface area (TPSA) is 53.3 Å². The normalized spacial score (nSPS) is 14.1. The second-order valence-electron chi connectivity index (χ2n) is 6.36. The van der Waals surface area contributed by atoms with Gasteiger partial charge in [0.15, 0.2) is 0 Å². The summed E-state index contributed by atoms with van der Waals surface area (Å²) in [7, 11) is 0. The van der Waals surface area contributed by atoms with Gasteiger partial charge in [-0.1, -0.05) is 18.2 Å². The Hall–Kier alpha value is -2.17. The van der Waals surface area contributed by atoms with E-state index in [9.17, 15) is 14.4 Å². The summed E-state index contributed by atoms with van der Waals surface area (Å²) in [5, 5.41) is 9.40. The second-order valence-corrected chi connectivity index (χ2v) is 8.07. The molecule has 0 atom stereocenters. The van der Waals surface area contributed by atoms with Gasteiger partial charge in [0, 0.05) is 18.7 Å². The number of nitrogens with zero attached hydrogens (tertiary/aromatic N) is 2. The van der Waals surface area contributed by atoms with Crippen LogP contribution in [0.25, 0.3) is 6.08 Å². The molecule has 1 saturated heterocycles. The smallest absolute Gasteiger partial charge is 0.264 e. The maximum atomic E-state index is 13.8. The Morgan fingerprint density at radius 2 is 1.86 bits per heavy atom. The zero-order valence-corrected chi connectivity index (χ0v) is 18.1. The van der Waals surface area contributed by atoms with E-state index in [1.165, 1.54) is 6.07 Å². The van der Waals surface area contributed by atoms with E-state index in [-0.39, 0.29) is 23.9 Å². The van der Waals surface area contributed by atoms with Gasteiger partial charge in [-0.25, -0.2) is 4.39 Å². The van der Waals surface area contributed by atoms with E-state index in [1.54, 1.807) is 41.3 Å². The van der Waals surface area contributed by atoms with Crippen molar-refractivity contribution in [1.29, 1.82) is 5.26 Å². The molecule has 1 aliphatic heterocycles. The molecule has 1 fully saturated rings. The number of benzene rings is 2. The van der Waals surface area contributed by atoms with Crippen molar-refractivity contribution in [2.75, 3.05) is 13.1 Å². The number of amides is 1. The lowest BCUT2D eigenvalue weighted by molar-refractivity contribution is -0.125. The summed E-state index contributed by atoms with van der Waals surface area (Å²) in [6.07, 6.45) is 3.50. The maximum absolute atomic E-state index is 13.8. The minimum absolute atomic E-state index is 0.0793. The number of carbonyl (C=O) groups excluding carboxylic acids is 1. The zero-order chi connectivity index (χ0) is 20.1.